The molecule has 0 saturated heterocycles. The second-order valence-electron chi connectivity index (χ2n) is 4.87. The molecule has 0 radical (unpaired) electrons. The molecule has 0 fully saturated rings. The van der Waals surface area contributed by atoms with Gasteiger partial charge in [0.1, 0.15) is 5.25 Å². The van der Waals surface area contributed by atoms with Crippen LogP contribution in [-0.4, -0.2) is 45.9 Å². The standard InChI is InChI=1S/C13H24O5S/c1-4-5-6-7-13(2,17)9-19-10(12(15)16)8-11(14)18-3/h10,17H,4-9H2,1-3H3,(H,15,16). The summed E-state index contributed by atoms with van der Waals surface area (Å²) in [7, 11) is 1.23. The molecule has 19 heavy (non-hydrogen) atoms. The third-order valence-electron chi connectivity index (χ3n) is 2.77. The average molecular weight is 292 g/mol. The molecule has 6 heteroatoms. The fourth-order valence-electron chi connectivity index (χ4n) is 1.56. The van der Waals surface area contributed by atoms with Gasteiger partial charge in [-0.1, -0.05) is 26.2 Å². The number of carbonyl (C=O) groups is 2. The van der Waals surface area contributed by atoms with E-state index in [0.717, 1.165) is 31.0 Å². The van der Waals surface area contributed by atoms with Crippen molar-refractivity contribution in [1.29, 1.82) is 0 Å². The van der Waals surface area contributed by atoms with Crippen molar-refractivity contribution in [2.24, 2.45) is 0 Å². The molecule has 0 aliphatic carbocycles. The number of hydrogen-bond donors (Lipinski definition) is 2. The summed E-state index contributed by atoms with van der Waals surface area (Å²) in [6.45, 7) is 3.78. The monoisotopic (exact) mass is 292 g/mol. The average Bonchev–Trinajstić information content (AvgIpc) is 2.33. The lowest BCUT2D eigenvalue weighted by atomic mass is 10.0. The lowest BCUT2D eigenvalue weighted by Crippen LogP contribution is -2.31. The summed E-state index contributed by atoms with van der Waals surface area (Å²) in [4.78, 5) is 22.1. The first-order valence-electron chi connectivity index (χ1n) is 6.46. The second-order valence-corrected chi connectivity index (χ2v) is 6.06. The predicted molar refractivity (Wildman–Crippen MR) is 75.3 cm³/mol. The molecule has 0 bridgehead atoms. The molecule has 0 amide bonds. The normalized spacial score (nSPS) is 15.6. The molecule has 2 unspecified atom stereocenters. The molecule has 5 nitrogen and oxygen atoms in total. The van der Waals surface area contributed by atoms with Gasteiger partial charge in [-0.3, -0.25) is 9.59 Å². The van der Waals surface area contributed by atoms with E-state index in [1.54, 1.807) is 6.92 Å². The van der Waals surface area contributed by atoms with E-state index in [9.17, 15) is 14.7 Å². The number of aliphatic hydroxyl groups is 1. The highest BCUT2D eigenvalue weighted by molar-refractivity contribution is 8.00. The Morgan fingerprint density at radius 2 is 2.00 bits per heavy atom. The van der Waals surface area contributed by atoms with Crippen LogP contribution in [0.1, 0.15) is 46.0 Å². The molecule has 0 aromatic carbocycles. The largest absolute Gasteiger partial charge is 0.480 e. The van der Waals surface area contributed by atoms with E-state index < -0.39 is 22.8 Å². The molecule has 0 aromatic rings. The number of unbranched alkanes of at least 4 members (excludes halogenated alkanes) is 2. The first-order valence-corrected chi connectivity index (χ1v) is 7.51. The van der Waals surface area contributed by atoms with E-state index in [1.165, 1.54) is 7.11 Å². The molecule has 0 aliphatic heterocycles. The number of hydrogen-bond acceptors (Lipinski definition) is 5. The number of aliphatic carboxylic acids is 1. The lowest BCUT2D eigenvalue weighted by Gasteiger charge is -2.24. The summed E-state index contributed by atoms with van der Waals surface area (Å²) < 4.78 is 4.46. The molecule has 112 valence electrons. The highest BCUT2D eigenvalue weighted by Gasteiger charge is 2.27. The van der Waals surface area contributed by atoms with Crippen molar-refractivity contribution in [3.8, 4) is 0 Å². The number of carboxylic acids is 1. The van der Waals surface area contributed by atoms with Crippen LogP contribution in [0.4, 0.5) is 0 Å². The van der Waals surface area contributed by atoms with E-state index in [4.69, 9.17) is 5.11 Å². The Kier molecular flexibility index (Phi) is 8.84. The van der Waals surface area contributed by atoms with Crippen LogP contribution < -0.4 is 0 Å². The van der Waals surface area contributed by atoms with Gasteiger partial charge in [-0.25, -0.2) is 0 Å². The first kappa shape index (κ1) is 18.2. The van der Waals surface area contributed by atoms with Gasteiger partial charge >= 0.3 is 11.9 Å². The van der Waals surface area contributed by atoms with Gasteiger partial charge in [0, 0.05) is 5.75 Å². The summed E-state index contributed by atoms with van der Waals surface area (Å²) in [5, 5.41) is 18.3. The van der Waals surface area contributed by atoms with Crippen LogP contribution in [0.2, 0.25) is 0 Å². The van der Waals surface area contributed by atoms with Crippen LogP contribution in [0, 0.1) is 0 Å². The number of ether oxygens (including phenoxy) is 1. The Hall–Kier alpha value is -0.750. The van der Waals surface area contributed by atoms with Gasteiger partial charge in [0.15, 0.2) is 0 Å². The summed E-state index contributed by atoms with van der Waals surface area (Å²) >= 11 is 1.09. The number of thioether (sulfide) groups is 1. The Labute approximate surface area is 118 Å². The third-order valence-corrected chi connectivity index (χ3v) is 4.33. The maximum atomic E-state index is 11.1. The van der Waals surface area contributed by atoms with Crippen molar-refractivity contribution in [3.63, 3.8) is 0 Å². The van der Waals surface area contributed by atoms with Gasteiger partial charge in [0.2, 0.25) is 0 Å². The number of carbonyl (C=O) groups excluding carboxylic acids is 1. The summed E-state index contributed by atoms with van der Waals surface area (Å²) in [5.41, 5.74) is -0.899. The highest BCUT2D eigenvalue weighted by atomic mass is 32.2. The van der Waals surface area contributed by atoms with Gasteiger partial charge < -0.3 is 14.9 Å². The molecular formula is C13H24O5S. The quantitative estimate of drug-likeness (QED) is 0.474. The SMILES string of the molecule is CCCCCC(C)(O)CSC(CC(=O)OC)C(=O)O. The summed E-state index contributed by atoms with van der Waals surface area (Å²) in [5.74, 6) is -1.31. The van der Waals surface area contributed by atoms with Crippen LogP contribution >= 0.6 is 11.8 Å². The molecule has 0 aliphatic rings. The minimum atomic E-state index is -1.06. The number of rotatable bonds is 10. The van der Waals surface area contributed by atoms with Crippen LogP contribution in [0.25, 0.3) is 0 Å². The lowest BCUT2D eigenvalue weighted by molar-refractivity contribution is -0.145. The molecule has 0 aromatic heterocycles. The molecule has 2 N–H and O–H groups in total. The minimum absolute atomic E-state index is 0.179. The van der Waals surface area contributed by atoms with Gasteiger partial charge in [-0.2, -0.15) is 0 Å². The van der Waals surface area contributed by atoms with E-state index in [-0.39, 0.29) is 6.42 Å². The number of carboxylic acid groups (broad SMARTS) is 1. The zero-order chi connectivity index (χ0) is 14.9. The molecule has 0 rings (SSSR count). The highest BCUT2D eigenvalue weighted by Crippen LogP contribution is 2.25. The van der Waals surface area contributed by atoms with Gasteiger partial charge in [-0.05, 0) is 13.3 Å². The van der Waals surface area contributed by atoms with Crippen molar-refractivity contribution < 1.29 is 24.5 Å². The Bertz CT molecular complexity index is 291. The number of esters is 1. The number of methoxy groups -OCH3 is 1. The van der Waals surface area contributed by atoms with Crippen molar-refractivity contribution in [2.45, 2.75) is 56.8 Å². The fraction of sp³-hybridized carbons (Fsp3) is 0.846. The van der Waals surface area contributed by atoms with E-state index in [1.807, 2.05) is 0 Å². The Balaban J connectivity index is 4.22. The van der Waals surface area contributed by atoms with Gasteiger partial charge in [0.25, 0.3) is 0 Å². The fourth-order valence-corrected chi connectivity index (χ4v) is 2.66. The summed E-state index contributed by atoms with van der Waals surface area (Å²) in [6.07, 6.45) is 3.49. The van der Waals surface area contributed by atoms with Crippen LogP contribution in [0.5, 0.6) is 0 Å². The molecule has 0 saturated carbocycles. The Morgan fingerprint density at radius 1 is 1.37 bits per heavy atom. The van der Waals surface area contributed by atoms with Crippen LogP contribution in [0.15, 0.2) is 0 Å². The maximum Gasteiger partial charge on any atom is 0.317 e. The third kappa shape index (κ3) is 8.88. The first-order chi connectivity index (χ1) is 8.82. The maximum absolute atomic E-state index is 11.1. The van der Waals surface area contributed by atoms with Gasteiger partial charge in [0.05, 0.1) is 19.1 Å². The van der Waals surface area contributed by atoms with Crippen LogP contribution in [-0.2, 0) is 14.3 Å². The Morgan fingerprint density at radius 3 is 2.47 bits per heavy atom. The predicted octanol–water partition coefficient (Wildman–Crippen LogP) is 2.07. The van der Waals surface area contributed by atoms with Crippen molar-refractivity contribution in [3.05, 3.63) is 0 Å². The molecule has 2 atom stereocenters. The topological polar surface area (TPSA) is 83.8 Å². The van der Waals surface area contributed by atoms with E-state index in [0.29, 0.717) is 12.2 Å². The van der Waals surface area contributed by atoms with E-state index >= 15 is 0 Å². The van der Waals surface area contributed by atoms with Crippen molar-refractivity contribution in [2.75, 3.05) is 12.9 Å². The molecule has 0 heterocycles. The van der Waals surface area contributed by atoms with Crippen molar-refractivity contribution >= 4 is 23.7 Å². The molecular weight excluding hydrogens is 268 g/mol. The molecule has 0 spiro atoms. The van der Waals surface area contributed by atoms with Gasteiger partial charge in [-0.15, -0.1) is 11.8 Å². The van der Waals surface area contributed by atoms with Crippen molar-refractivity contribution in [1.82, 2.24) is 0 Å². The minimum Gasteiger partial charge on any atom is -0.480 e. The smallest absolute Gasteiger partial charge is 0.317 e. The zero-order valence-electron chi connectivity index (χ0n) is 11.8. The zero-order valence-corrected chi connectivity index (χ0v) is 12.7. The van der Waals surface area contributed by atoms with E-state index in [2.05, 4.69) is 11.7 Å². The summed E-state index contributed by atoms with van der Waals surface area (Å²) in [6, 6.07) is 0. The van der Waals surface area contributed by atoms with Crippen LogP contribution in [0.3, 0.4) is 0 Å². The second kappa shape index (κ2) is 9.20.